The number of benzene rings is 1. The van der Waals surface area contributed by atoms with Crippen molar-refractivity contribution in [1.82, 2.24) is 15.5 Å². The molecule has 158 valence electrons. The second-order valence-corrected chi connectivity index (χ2v) is 7.46. The smallest absolute Gasteiger partial charge is 0.341 e. The Balaban J connectivity index is 1.76. The first kappa shape index (κ1) is 22.4. The van der Waals surface area contributed by atoms with Crippen LogP contribution in [0.3, 0.4) is 0 Å². The minimum absolute atomic E-state index is 0.0684. The number of aryl methyl sites for hydroxylation is 1. The number of aromatic nitrogens is 2. The van der Waals surface area contributed by atoms with Crippen molar-refractivity contribution < 1.29 is 28.7 Å². The highest BCUT2D eigenvalue weighted by Crippen LogP contribution is 2.25. The molecule has 0 saturated carbocycles. The average molecular weight is 405 g/mol. The molecule has 0 aliphatic carbocycles. The summed E-state index contributed by atoms with van der Waals surface area (Å²) in [4.78, 5) is 27.4. The maximum absolute atomic E-state index is 11.6. The van der Waals surface area contributed by atoms with Crippen LogP contribution in [-0.2, 0) is 20.7 Å². The number of phenolic OH excluding ortho intramolecular Hbond substituents is 1. The Hall–Kier alpha value is -2.94. The fraction of sp³-hybridized carbons (Fsp3) is 0.500. The van der Waals surface area contributed by atoms with Crippen molar-refractivity contribution >= 4 is 11.9 Å². The van der Waals surface area contributed by atoms with Gasteiger partial charge in [0.1, 0.15) is 16.9 Å². The first-order valence-corrected chi connectivity index (χ1v) is 9.36. The van der Waals surface area contributed by atoms with Gasteiger partial charge in [-0.3, -0.25) is 4.79 Å². The van der Waals surface area contributed by atoms with Gasteiger partial charge in [-0.25, -0.2) is 4.79 Å². The molecule has 0 aliphatic heterocycles. The molecule has 0 atom stereocenters. The molecule has 0 bridgehead atoms. The summed E-state index contributed by atoms with van der Waals surface area (Å²) in [5, 5.41) is 16.9. The van der Waals surface area contributed by atoms with E-state index in [-0.39, 0.29) is 23.8 Å². The monoisotopic (exact) mass is 405 g/mol. The fourth-order valence-electron chi connectivity index (χ4n) is 2.52. The number of rotatable bonds is 9. The van der Waals surface area contributed by atoms with Gasteiger partial charge in [0.25, 0.3) is 0 Å². The number of nitrogens with one attached hydrogen (secondary N) is 1. The predicted octanol–water partition coefficient (Wildman–Crippen LogP) is 2.48. The molecule has 1 heterocycles. The SMILES string of the molecule is COC(=O)c1ccc(-c2noc(CCCCNCC(=O)OC(C)(C)C)n2)cc1O. The number of aromatic hydroxyl groups is 1. The number of hydrogen-bond acceptors (Lipinski definition) is 9. The van der Waals surface area contributed by atoms with Crippen molar-refractivity contribution in [1.29, 1.82) is 0 Å². The van der Waals surface area contributed by atoms with Crippen molar-refractivity contribution in [3.8, 4) is 17.1 Å². The Morgan fingerprint density at radius 3 is 2.66 bits per heavy atom. The molecule has 1 aromatic heterocycles. The lowest BCUT2D eigenvalue weighted by molar-refractivity contribution is -0.153. The number of ether oxygens (including phenoxy) is 2. The van der Waals surface area contributed by atoms with Crippen molar-refractivity contribution in [2.75, 3.05) is 20.2 Å². The van der Waals surface area contributed by atoms with E-state index in [2.05, 4.69) is 20.2 Å². The second kappa shape index (κ2) is 10.0. The molecular weight excluding hydrogens is 378 g/mol. The lowest BCUT2D eigenvalue weighted by Crippen LogP contribution is -2.31. The van der Waals surface area contributed by atoms with Gasteiger partial charge in [-0.2, -0.15) is 4.98 Å². The first-order chi connectivity index (χ1) is 13.7. The quantitative estimate of drug-likeness (QED) is 0.478. The van der Waals surface area contributed by atoms with Crippen molar-refractivity contribution in [2.45, 2.75) is 45.6 Å². The Labute approximate surface area is 169 Å². The van der Waals surface area contributed by atoms with E-state index < -0.39 is 11.6 Å². The van der Waals surface area contributed by atoms with E-state index in [9.17, 15) is 14.7 Å². The summed E-state index contributed by atoms with van der Waals surface area (Å²) < 4.78 is 15.0. The van der Waals surface area contributed by atoms with Gasteiger partial charge >= 0.3 is 11.9 Å². The Bertz CT molecular complexity index is 841. The van der Waals surface area contributed by atoms with Crippen LogP contribution in [0.1, 0.15) is 49.9 Å². The van der Waals surface area contributed by atoms with E-state index >= 15 is 0 Å². The number of unbranched alkanes of at least 4 members (excludes halogenated alkanes) is 1. The number of hydrogen-bond donors (Lipinski definition) is 2. The summed E-state index contributed by atoms with van der Waals surface area (Å²) in [5.41, 5.74) is 0.119. The molecule has 0 aliphatic rings. The van der Waals surface area contributed by atoms with Crippen molar-refractivity contribution in [3.63, 3.8) is 0 Å². The van der Waals surface area contributed by atoms with Gasteiger partial charge in [-0.15, -0.1) is 0 Å². The second-order valence-electron chi connectivity index (χ2n) is 7.46. The van der Waals surface area contributed by atoms with Crippen LogP contribution in [0.2, 0.25) is 0 Å². The molecule has 0 radical (unpaired) electrons. The van der Waals surface area contributed by atoms with Gasteiger partial charge in [0, 0.05) is 12.0 Å². The first-order valence-electron chi connectivity index (χ1n) is 9.36. The summed E-state index contributed by atoms with van der Waals surface area (Å²) >= 11 is 0. The molecule has 0 spiro atoms. The van der Waals surface area contributed by atoms with Crippen LogP contribution in [0, 0.1) is 0 Å². The van der Waals surface area contributed by atoms with Gasteiger partial charge in [0.15, 0.2) is 0 Å². The molecule has 29 heavy (non-hydrogen) atoms. The lowest BCUT2D eigenvalue weighted by Gasteiger charge is -2.19. The molecule has 2 N–H and O–H groups in total. The van der Waals surface area contributed by atoms with E-state index in [1.807, 2.05) is 20.8 Å². The normalized spacial score (nSPS) is 11.3. The van der Waals surface area contributed by atoms with Crippen molar-refractivity contribution in [2.24, 2.45) is 0 Å². The standard InChI is InChI=1S/C20H27N3O6/c1-20(2,3)28-17(25)12-21-10-6-5-7-16-22-18(23-29-16)13-8-9-14(15(24)11-13)19(26)27-4/h8-9,11,21,24H,5-7,10,12H2,1-4H3. The number of methoxy groups -OCH3 is 1. The van der Waals surface area contributed by atoms with E-state index in [0.29, 0.717) is 30.2 Å². The zero-order chi connectivity index (χ0) is 21.4. The molecule has 2 aromatic rings. The van der Waals surface area contributed by atoms with E-state index in [1.165, 1.54) is 19.2 Å². The third-order valence-electron chi connectivity index (χ3n) is 3.81. The Kier molecular flexibility index (Phi) is 7.72. The van der Waals surface area contributed by atoms with Gasteiger partial charge in [-0.1, -0.05) is 5.16 Å². The highest BCUT2D eigenvalue weighted by atomic mass is 16.6. The summed E-state index contributed by atoms with van der Waals surface area (Å²) in [5.74, 6) is -0.307. The zero-order valence-corrected chi connectivity index (χ0v) is 17.2. The number of carbonyl (C=O) groups excluding carboxylic acids is 2. The minimum atomic E-state index is -0.622. The highest BCUT2D eigenvalue weighted by molar-refractivity contribution is 5.93. The number of phenols is 1. The number of nitrogens with zero attached hydrogens (tertiary/aromatic N) is 2. The van der Waals surface area contributed by atoms with Crippen LogP contribution in [-0.4, -0.2) is 53.0 Å². The van der Waals surface area contributed by atoms with Gasteiger partial charge in [0.05, 0.1) is 13.7 Å². The number of esters is 2. The molecular formula is C20H27N3O6. The summed E-state index contributed by atoms with van der Waals surface area (Å²) in [7, 11) is 1.24. The van der Waals surface area contributed by atoms with E-state index in [1.54, 1.807) is 6.07 Å². The van der Waals surface area contributed by atoms with Crippen LogP contribution in [0.15, 0.2) is 22.7 Å². The van der Waals surface area contributed by atoms with Crippen molar-refractivity contribution in [3.05, 3.63) is 29.7 Å². The number of carbonyl (C=O) groups is 2. The zero-order valence-electron chi connectivity index (χ0n) is 17.2. The van der Waals surface area contributed by atoms with Gasteiger partial charge in [0.2, 0.25) is 11.7 Å². The van der Waals surface area contributed by atoms with Crippen LogP contribution < -0.4 is 5.32 Å². The third-order valence-corrected chi connectivity index (χ3v) is 3.81. The molecule has 0 fully saturated rings. The topological polar surface area (TPSA) is 124 Å². The average Bonchev–Trinajstić information content (AvgIpc) is 3.11. The summed E-state index contributed by atoms with van der Waals surface area (Å²) in [6.07, 6.45) is 2.22. The highest BCUT2D eigenvalue weighted by Gasteiger charge is 2.16. The third kappa shape index (κ3) is 7.19. The molecule has 2 rings (SSSR count). The molecule has 9 heteroatoms. The van der Waals surface area contributed by atoms with Crippen LogP contribution in [0.25, 0.3) is 11.4 Å². The lowest BCUT2D eigenvalue weighted by atomic mass is 10.1. The maximum atomic E-state index is 11.6. The largest absolute Gasteiger partial charge is 0.507 e. The molecule has 9 nitrogen and oxygen atoms in total. The summed E-state index contributed by atoms with van der Waals surface area (Å²) in [6.45, 7) is 6.34. The molecule has 0 unspecified atom stereocenters. The maximum Gasteiger partial charge on any atom is 0.341 e. The predicted molar refractivity (Wildman–Crippen MR) is 104 cm³/mol. The van der Waals surface area contributed by atoms with Crippen LogP contribution in [0.4, 0.5) is 0 Å². The van der Waals surface area contributed by atoms with E-state index in [4.69, 9.17) is 9.26 Å². The fourth-order valence-corrected chi connectivity index (χ4v) is 2.52. The Morgan fingerprint density at radius 1 is 1.24 bits per heavy atom. The summed E-state index contributed by atoms with van der Waals surface area (Å²) in [6, 6.07) is 4.45. The van der Waals surface area contributed by atoms with E-state index in [0.717, 1.165) is 12.8 Å². The molecule has 0 amide bonds. The molecule has 0 saturated heterocycles. The van der Waals surface area contributed by atoms with Crippen LogP contribution >= 0.6 is 0 Å². The van der Waals surface area contributed by atoms with Gasteiger partial charge < -0.3 is 24.4 Å². The van der Waals surface area contributed by atoms with Crippen LogP contribution in [0.5, 0.6) is 5.75 Å². The Morgan fingerprint density at radius 2 is 2.00 bits per heavy atom. The van der Waals surface area contributed by atoms with Gasteiger partial charge in [-0.05, 0) is 58.4 Å². The molecule has 1 aromatic carbocycles. The minimum Gasteiger partial charge on any atom is -0.507 e.